The molecular weight excluding hydrogens is 326 g/mol. The van der Waals surface area contributed by atoms with E-state index in [0.717, 1.165) is 43.7 Å². The Kier molecular flexibility index (Phi) is 5.00. The summed E-state index contributed by atoms with van der Waals surface area (Å²) in [5, 5.41) is 0. The molecule has 1 spiro atoms. The average Bonchev–Trinajstić information content (AvgIpc) is 2.71. The average molecular weight is 351 g/mol. The first-order valence-corrected chi connectivity index (χ1v) is 9.35. The highest BCUT2D eigenvalue weighted by Gasteiger charge is 2.41. The quantitative estimate of drug-likeness (QED) is 0.853. The van der Waals surface area contributed by atoms with Crippen LogP contribution < -0.4 is 0 Å². The summed E-state index contributed by atoms with van der Waals surface area (Å²) in [4.78, 5) is 21.6. The van der Waals surface area contributed by atoms with Gasteiger partial charge in [-0.05, 0) is 37.1 Å². The minimum absolute atomic E-state index is 0.115. The van der Waals surface area contributed by atoms with Crippen LogP contribution >= 0.6 is 0 Å². The fourth-order valence-corrected chi connectivity index (χ4v) is 3.92. The van der Waals surface area contributed by atoms with E-state index in [1.54, 1.807) is 0 Å². The molecule has 0 aliphatic carbocycles. The maximum absolute atomic E-state index is 12.8. The van der Waals surface area contributed by atoms with E-state index < -0.39 is 0 Å². The molecule has 1 aromatic carbocycles. The Morgan fingerprint density at radius 1 is 1.04 bits per heavy atom. The third-order valence-corrected chi connectivity index (χ3v) is 5.44. The summed E-state index contributed by atoms with van der Waals surface area (Å²) >= 11 is 0. The molecule has 136 valence electrons. The highest BCUT2D eigenvalue weighted by atomic mass is 16.5. The van der Waals surface area contributed by atoms with Crippen LogP contribution in [0.3, 0.4) is 0 Å². The van der Waals surface area contributed by atoms with Gasteiger partial charge >= 0.3 is 0 Å². The van der Waals surface area contributed by atoms with E-state index >= 15 is 0 Å². The van der Waals surface area contributed by atoms with Crippen LogP contribution in [0.25, 0.3) is 0 Å². The fraction of sp³-hybridized carbons (Fsp3) is 0.429. The van der Waals surface area contributed by atoms with Gasteiger partial charge in [0.1, 0.15) is 0 Å². The van der Waals surface area contributed by atoms with Crippen LogP contribution in [0.1, 0.15) is 28.9 Å². The van der Waals surface area contributed by atoms with Crippen LogP contribution in [0.15, 0.2) is 54.7 Å². The molecule has 26 heavy (non-hydrogen) atoms. The predicted molar refractivity (Wildman–Crippen MR) is 99.8 cm³/mol. The van der Waals surface area contributed by atoms with Crippen LogP contribution in [0.4, 0.5) is 0 Å². The van der Waals surface area contributed by atoms with Gasteiger partial charge in [-0.1, -0.05) is 24.3 Å². The Morgan fingerprint density at radius 2 is 1.81 bits per heavy atom. The molecule has 2 saturated heterocycles. The molecule has 4 rings (SSSR count). The second kappa shape index (κ2) is 7.56. The van der Waals surface area contributed by atoms with Gasteiger partial charge in [0.15, 0.2) is 0 Å². The minimum Gasteiger partial charge on any atom is -0.371 e. The number of rotatable bonds is 3. The summed E-state index contributed by atoms with van der Waals surface area (Å²) in [5.41, 5.74) is 1.68. The lowest BCUT2D eigenvalue weighted by Crippen LogP contribution is -2.57. The van der Waals surface area contributed by atoms with Gasteiger partial charge in [0.25, 0.3) is 5.91 Å². The van der Waals surface area contributed by atoms with Gasteiger partial charge in [0.05, 0.1) is 24.4 Å². The van der Waals surface area contributed by atoms with E-state index in [-0.39, 0.29) is 11.5 Å². The van der Waals surface area contributed by atoms with E-state index in [0.29, 0.717) is 19.7 Å². The summed E-state index contributed by atoms with van der Waals surface area (Å²) in [6.07, 6.45) is 3.76. The number of morpholine rings is 1. The molecule has 0 atom stereocenters. The summed E-state index contributed by atoms with van der Waals surface area (Å²) in [6.45, 7) is 4.82. The van der Waals surface area contributed by atoms with E-state index in [1.165, 1.54) is 0 Å². The minimum atomic E-state index is -0.191. The summed E-state index contributed by atoms with van der Waals surface area (Å²) < 4.78 is 6.19. The van der Waals surface area contributed by atoms with Crippen molar-refractivity contribution in [2.45, 2.75) is 25.0 Å². The Labute approximate surface area is 154 Å². The van der Waals surface area contributed by atoms with Crippen molar-refractivity contribution in [3.8, 4) is 0 Å². The number of piperidine rings is 1. The molecule has 0 saturated carbocycles. The highest BCUT2D eigenvalue weighted by molar-refractivity contribution is 5.94. The molecule has 2 aliphatic heterocycles. The van der Waals surface area contributed by atoms with Crippen LogP contribution in [0.2, 0.25) is 0 Å². The molecule has 2 aliphatic rings. The first-order valence-electron chi connectivity index (χ1n) is 9.35. The zero-order valence-electron chi connectivity index (χ0n) is 15.0. The van der Waals surface area contributed by atoms with Crippen LogP contribution in [-0.2, 0) is 11.3 Å². The molecular formula is C21H25N3O2. The topological polar surface area (TPSA) is 45.7 Å². The number of carbonyl (C=O) groups excluding carboxylic acids is 1. The number of hydrogen-bond acceptors (Lipinski definition) is 4. The van der Waals surface area contributed by atoms with Crippen molar-refractivity contribution < 1.29 is 9.53 Å². The number of aromatic nitrogens is 1. The van der Waals surface area contributed by atoms with Crippen molar-refractivity contribution in [2.75, 3.05) is 32.8 Å². The molecule has 0 unspecified atom stereocenters. The Morgan fingerprint density at radius 3 is 2.54 bits per heavy atom. The Balaban J connectivity index is 1.37. The SMILES string of the molecule is O=C(c1ccccc1)N1CCOC2(CCN(Cc3ccccn3)CC2)C1. The van der Waals surface area contributed by atoms with Gasteiger partial charge in [0, 0.05) is 37.9 Å². The van der Waals surface area contributed by atoms with Gasteiger partial charge in [-0.2, -0.15) is 0 Å². The molecule has 1 amide bonds. The molecule has 5 nitrogen and oxygen atoms in total. The van der Waals surface area contributed by atoms with Crippen molar-refractivity contribution >= 4 is 5.91 Å². The summed E-state index contributed by atoms with van der Waals surface area (Å²) in [5.74, 6) is 0.115. The van der Waals surface area contributed by atoms with Gasteiger partial charge < -0.3 is 9.64 Å². The number of likely N-dealkylation sites (tertiary alicyclic amines) is 1. The summed E-state index contributed by atoms with van der Waals surface area (Å²) in [6, 6.07) is 15.6. The van der Waals surface area contributed by atoms with Gasteiger partial charge in [-0.25, -0.2) is 0 Å². The third kappa shape index (κ3) is 3.79. The Bertz CT molecular complexity index is 727. The van der Waals surface area contributed by atoms with Crippen LogP contribution in [0, 0.1) is 0 Å². The lowest BCUT2D eigenvalue weighted by Gasteiger charge is -2.47. The van der Waals surface area contributed by atoms with Gasteiger partial charge in [-0.3, -0.25) is 14.7 Å². The van der Waals surface area contributed by atoms with Crippen molar-refractivity contribution in [3.63, 3.8) is 0 Å². The molecule has 2 aromatic rings. The summed E-state index contributed by atoms with van der Waals surface area (Å²) in [7, 11) is 0. The number of ether oxygens (including phenoxy) is 1. The number of pyridine rings is 1. The number of nitrogens with zero attached hydrogens (tertiary/aromatic N) is 3. The zero-order valence-corrected chi connectivity index (χ0v) is 15.0. The molecule has 5 heteroatoms. The third-order valence-electron chi connectivity index (χ3n) is 5.44. The van der Waals surface area contributed by atoms with Crippen molar-refractivity contribution in [1.29, 1.82) is 0 Å². The number of benzene rings is 1. The molecule has 2 fully saturated rings. The van der Waals surface area contributed by atoms with Crippen molar-refractivity contribution in [3.05, 3.63) is 66.0 Å². The predicted octanol–water partition coefficient (Wildman–Crippen LogP) is 2.59. The number of amides is 1. The Hall–Kier alpha value is -2.24. The number of carbonyl (C=O) groups is 1. The first-order chi connectivity index (χ1) is 12.7. The second-order valence-electron chi connectivity index (χ2n) is 7.22. The zero-order chi connectivity index (χ0) is 17.8. The number of hydrogen-bond donors (Lipinski definition) is 0. The molecule has 0 radical (unpaired) electrons. The molecule has 1 aromatic heterocycles. The normalized spacial score (nSPS) is 20.2. The van der Waals surface area contributed by atoms with E-state index in [9.17, 15) is 4.79 Å². The second-order valence-corrected chi connectivity index (χ2v) is 7.22. The van der Waals surface area contributed by atoms with Crippen molar-refractivity contribution in [1.82, 2.24) is 14.8 Å². The molecule has 3 heterocycles. The highest BCUT2D eigenvalue weighted by Crippen LogP contribution is 2.31. The lowest BCUT2D eigenvalue weighted by molar-refractivity contribution is -0.128. The monoisotopic (exact) mass is 351 g/mol. The smallest absolute Gasteiger partial charge is 0.254 e. The maximum atomic E-state index is 12.8. The fourth-order valence-electron chi connectivity index (χ4n) is 3.92. The largest absolute Gasteiger partial charge is 0.371 e. The standard InChI is InChI=1S/C21H25N3O2/c25-20(18-6-2-1-3-7-18)24-14-15-26-21(17-24)9-12-23(13-10-21)16-19-8-4-5-11-22-19/h1-8,11H,9-10,12-17H2. The van der Waals surface area contributed by atoms with Gasteiger partial charge in [0.2, 0.25) is 0 Å². The van der Waals surface area contributed by atoms with Crippen molar-refractivity contribution in [2.24, 2.45) is 0 Å². The van der Waals surface area contributed by atoms with E-state index in [2.05, 4.69) is 16.0 Å². The van der Waals surface area contributed by atoms with E-state index in [4.69, 9.17) is 4.74 Å². The molecule has 0 N–H and O–H groups in total. The van der Waals surface area contributed by atoms with E-state index in [1.807, 2.05) is 53.6 Å². The maximum Gasteiger partial charge on any atom is 0.254 e. The lowest BCUT2D eigenvalue weighted by atomic mass is 9.89. The van der Waals surface area contributed by atoms with Crippen LogP contribution in [0.5, 0.6) is 0 Å². The molecule has 0 bridgehead atoms. The van der Waals surface area contributed by atoms with Gasteiger partial charge in [-0.15, -0.1) is 0 Å². The first kappa shape index (κ1) is 17.2. The van der Waals surface area contributed by atoms with Crippen LogP contribution in [-0.4, -0.2) is 59.1 Å².